The van der Waals surface area contributed by atoms with E-state index in [-0.39, 0.29) is 5.60 Å². The van der Waals surface area contributed by atoms with Crippen molar-refractivity contribution in [2.45, 2.75) is 58.6 Å². The van der Waals surface area contributed by atoms with E-state index in [0.717, 1.165) is 12.3 Å². The highest BCUT2D eigenvalue weighted by Gasteiger charge is 2.25. The molecule has 1 atom stereocenters. The Balaban J connectivity index is 4.26. The molecule has 0 radical (unpaired) electrons. The van der Waals surface area contributed by atoms with Crippen LogP contribution in [-0.4, -0.2) is 25.8 Å². The largest absolute Gasteiger partial charge is 0.379 e. The minimum Gasteiger partial charge on any atom is -0.379 e. The molecule has 2 heteroatoms. The molecule has 0 aliphatic carbocycles. The third-order valence-corrected chi connectivity index (χ3v) is 3.25. The van der Waals surface area contributed by atoms with Crippen LogP contribution in [0.25, 0.3) is 0 Å². The fourth-order valence-corrected chi connectivity index (χ4v) is 1.98. The number of hydrogen-bond donors (Lipinski definition) is 1. The lowest BCUT2D eigenvalue weighted by atomic mass is 9.86. The number of rotatable bonds is 7. The zero-order valence-corrected chi connectivity index (χ0v) is 10.7. The molecule has 1 N–H and O–H groups in total. The maximum atomic E-state index is 5.47. The number of nitrogens with one attached hydrogen (secondary N) is 1. The Bertz CT molecular complexity index is 141. The Morgan fingerprint density at radius 3 is 2.00 bits per heavy atom. The van der Waals surface area contributed by atoms with Crippen LogP contribution >= 0.6 is 0 Å². The van der Waals surface area contributed by atoms with Crippen LogP contribution in [0.3, 0.4) is 0 Å². The summed E-state index contributed by atoms with van der Waals surface area (Å²) < 4.78 is 5.47. The van der Waals surface area contributed by atoms with Crippen molar-refractivity contribution in [3.05, 3.63) is 0 Å². The first-order valence-corrected chi connectivity index (χ1v) is 5.73. The molecular formula is C12H27NO. The van der Waals surface area contributed by atoms with Crippen molar-refractivity contribution in [1.82, 2.24) is 5.32 Å². The van der Waals surface area contributed by atoms with Crippen molar-refractivity contribution in [2.75, 3.05) is 14.2 Å². The number of ether oxygens (including phenoxy) is 1. The molecule has 0 heterocycles. The average Bonchev–Trinajstić information content (AvgIpc) is 2.18. The third-order valence-electron chi connectivity index (χ3n) is 3.25. The van der Waals surface area contributed by atoms with Gasteiger partial charge in [-0.3, -0.25) is 0 Å². The Labute approximate surface area is 89.4 Å². The van der Waals surface area contributed by atoms with Crippen LogP contribution in [0.2, 0.25) is 0 Å². The lowest BCUT2D eigenvalue weighted by molar-refractivity contribution is 0.00179. The zero-order valence-electron chi connectivity index (χ0n) is 10.7. The molecule has 0 aromatic heterocycles. The van der Waals surface area contributed by atoms with E-state index in [2.05, 4.69) is 40.1 Å². The Morgan fingerprint density at radius 2 is 1.71 bits per heavy atom. The first kappa shape index (κ1) is 13.9. The van der Waals surface area contributed by atoms with Gasteiger partial charge in [0.1, 0.15) is 0 Å². The Hall–Kier alpha value is -0.0800. The van der Waals surface area contributed by atoms with Crippen molar-refractivity contribution < 1.29 is 4.74 Å². The van der Waals surface area contributed by atoms with E-state index >= 15 is 0 Å². The minimum absolute atomic E-state index is 0.0176. The molecule has 0 fully saturated rings. The van der Waals surface area contributed by atoms with Crippen molar-refractivity contribution in [1.29, 1.82) is 0 Å². The summed E-state index contributed by atoms with van der Waals surface area (Å²) in [6, 6.07) is 0.569. The van der Waals surface area contributed by atoms with Gasteiger partial charge in [0.05, 0.1) is 5.60 Å². The summed E-state index contributed by atoms with van der Waals surface area (Å²) in [5.41, 5.74) is -0.0176. The van der Waals surface area contributed by atoms with Crippen LogP contribution in [-0.2, 0) is 4.74 Å². The van der Waals surface area contributed by atoms with Crippen LogP contribution in [0.5, 0.6) is 0 Å². The lowest BCUT2D eigenvalue weighted by Crippen LogP contribution is -2.40. The van der Waals surface area contributed by atoms with Gasteiger partial charge in [-0.2, -0.15) is 0 Å². The third kappa shape index (κ3) is 4.43. The van der Waals surface area contributed by atoms with Crippen LogP contribution in [0.15, 0.2) is 0 Å². The summed E-state index contributed by atoms with van der Waals surface area (Å²) >= 11 is 0. The van der Waals surface area contributed by atoms with Crippen molar-refractivity contribution in [2.24, 2.45) is 5.92 Å². The van der Waals surface area contributed by atoms with Crippen LogP contribution in [0.1, 0.15) is 47.0 Å². The van der Waals surface area contributed by atoms with Crippen molar-refractivity contribution >= 4 is 0 Å². The minimum atomic E-state index is -0.0176. The Kier molecular flexibility index (Phi) is 6.38. The molecular weight excluding hydrogens is 174 g/mol. The highest BCUT2D eigenvalue weighted by molar-refractivity contribution is 4.81. The SMILES string of the molecule is CCC(CC)C(CC(C)(C)OC)NC. The molecule has 86 valence electrons. The molecule has 0 saturated carbocycles. The van der Waals surface area contributed by atoms with E-state index in [1.165, 1.54) is 12.8 Å². The molecule has 1 unspecified atom stereocenters. The lowest BCUT2D eigenvalue weighted by Gasteiger charge is -2.32. The Morgan fingerprint density at radius 1 is 1.21 bits per heavy atom. The summed E-state index contributed by atoms with van der Waals surface area (Å²) in [6.07, 6.45) is 3.55. The fourth-order valence-electron chi connectivity index (χ4n) is 1.98. The van der Waals surface area contributed by atoms with Crippen LogP contribution in [0.4, 0.5) is 0 Å². The predicted molar refractivity (Wildman–Crippen MR) is 62.6 cm³/mol. The van der Waals surface area contributed by atoms with E-state index in [1.54, 1.807) is 7.11 Å². The highest BCUT2D eigenvalue weighted by atomic mass is 16.5. The first-order valence-electron chi connectivity index (χ1n) is 5.73. The molecule has 0 bridgehead atoms. The highest BCUT2D eigenvalue weighted by Crippen LogP contribution is 2.23. The summed E-state index contributed by atoms with van der Waals surface area (Å²) in [5, 5.41) is 3.41. The smallest absolute Gasteiger partial charge is 0.0637 e. The van der Waals surface area contributed by atoms with E-state index in [1.807, 2.05) is 0 Å². The van der Waals surface area contributed by atoms with Crippen LogP contribution < -0.4 is 5.32 Å². The van der Waals surface area contributed by atoms with E-state index in [0.29, 0.717) is 6.04 Å². The van der Waals surface area contributed by atoms with Gasteiger partial charge in [0.15, 0.2) is 0 Å². The summed E-state index contributed by atoms with van der Waals surface area (Å²) in [4.78, 5) is 0. The standard InChI is InChI=1S/C12H27NO/c1-7-10(8-2)11(13-5)9-12(3,4)14-6/h10-11,13H,7-9H2,1-6H3. The average molecular weight is 201 g/mol. The van der Waals surface area contributed by atoms with Gasteiger partial charge in [0.25, 0.3) is 0 Å². The van der Waals surface area contributed by atoms with Crippen molar-refractivity contribution in [3.8, 4) is 0 Å². The topological polar surface area (TPSA) is 21.3 Å². The zero-order chi connectivity index (χ0) is 11.2. The predicted octanol–water partition coefficient (Wildman–Crippen LogP) is 2.83. The number of hydrogen-bond acceptors (Lipinski definition) is 2. The van der Waals surface area contributed by atoms with Crippen LogP contribution in [0, 0.1) is 5.92 Å². The molecule has 0 aromatic carbocycles. The molecule has 0 saturated heterocycles. The quantitative estimate of drug-likeness (QED) is 0.684. The molecule has 2 nitrogen and oxygen atoms in total. The van der Waals surface area contributed by atoms with Gasteiger partial charge in [-0.05, 0) is 33.2 Å². The van der Waals surface area contributed by atoms with Gasteiger partial charge < -0.3 is 10.1 Å². The van der Waals surface area contributed by atoms with E-state index in [4.69, 9.17) is 4.74 Å². The van der Waals surface area contributed by atoms with Gasteiger partial charge in [0, 0.05) is 13.2 Å². The summed E-state index contributed by atoms with van der Waals surface area (Å²) in [7, 11) is 3.84. The summed E-state index contributed by atoms with van der Waals surface area (Å²) in [5.74, 6) is 0.759. The second-order valence-corrected chi connectivity index (χ2v) is 4.64. The van der Waals surface area contributed by atoms with E-state index < -0.39 is 0 Å². The molecule has 0 rings (SSSR count). The second-order valence-electron chi connectivity index (χ2n) is 4.64. The maximum absolute atomic E-state index is 5.47. The number of methoxy groups -OCH3 is 1. The normalized spacial score (nSPS) is 14.8. The monoisotopic (exact) mass is 201 g/mol. The second kappa shape index (κ2) is 6.41. The van der Waals surface area contributed by atoms with Gasteiger partial charge in [-0.15, -0.1) is 0 Å². The molecule has 0 aromatic rings. The van der Waals surface area contributed by atoms with Crippen molar-refractivity contribution in [3.63, 3.8) is 0 Å². The maximum Gasteiger partial charge on any atom is 0.0637 e. The fraction of sp³-hybridized carbons (Fsp3) is 1.00. The van der Waals surface area contributed by atoms with Gasteiger partial charge in [-0.1, -0.05) is 26.7 Å². The molecule has 0 spiro atoms. The molecule has 0 amide bonds. The van der Waals surface area contributed by atoms with Gasteiger partial charge in [0.2, 0.25) is 0 Å². The first-order chi connectivity index (χ1) is 6.50. The summed E-state index contributed by atoms with van der Waals surface area (Å²) in [6.45, 7) is 8.83. The van der Waals surface area contributed by atoms with Gasteiger partial charge >= 0.3 is 0 Å². The van der Waals surface area contributed by atoms with Gasteiger partial charge in [-0.25, -0.2) is 0 Å². The molecule has 14 heavy (non-hydrogen) atoms. The molecule has 0 aliphatic rings. The van der Waals surface area contributed by atoms with E-state index in [9.17, 15) is 0 Å². The molecule has 0 aliphatic heterocycles.